The first-order valence-corrected chi connectivity index (χ1v) is 9.47. The summed E-state index contributed by atoms with van der Waals surface area (Å²) in [4.78, 5) is 28.2. The quantitative estimate of drug-likeness (QED) is 0.677. The van der Waals surface area contributed by atoms with Gasteiger partial charge in [-0.25, -0.2) is 9.07 Å². The molecule has 1 atom stereocenters. The zero-order valence-electron chi connectivity index (χ0n) is 16.0. The van der Waals surface area contributed by atoms with Crippen LogP contribution < -0.4 is 0 Å². The lowest BCUT2D eigenvalue weighted by molar-refractivity contribution is 0.0515. The lowest BCUT2D eigenvalue weighted by Gasteiger charge is -2.33. The van der Waals surface area contributed by atoms with Crippen LogP contribution in [0.15, 0.2) is 53.3 Å². The van der Waals surface area contributed by atoms with Gasteiger partial charge in [0.05, 0.1) is 19.0 Å². The van der Waals surface area contributed by atoms with Gasteiger partial charge in [-0.3, -0.25) is 9.59 Å². The van der Waals surface area contributed by atoms with Crippen molar-refractivity contribution in [3.63, 3.8) is 0 Å². The highest BCUT2D eigenvalue weighted by Crippen LogP contribution is 2.18. The molecule has 0 radical (unpaired) electrons. The molecule has 1 N–H and O–H groups in total. The highest BCUT2D eigenvalue weighted by atomic mass is 19.1. The number of furan rings is 1. The van der Waals surface area contributed by atoms with Gasteiger partial charge in [-0.1, -0.05) is 23.4 Å². The number of nitrogens with zero attached hydrogens (tertiary/aromatic N) is 5. The monoisotopic (exact) mass is 413 g/mol. The minimum atomic E-state index is -1.12. The summed E-state index contributed by atoms with van der Waals surface area (Å²) in [5, 5.41) is 18.0. The standard InChI is InChI=1S/C20H20FN5O4/c21-15-5-2-1-4-14(15)17(27)13-26-12-16(22-23-26)19(28)24-7-9-25(10-8-24)20(29)18-6-3-11-30-18/h1-6,11-12,17,27H,7-10,13H2/t17-/m1/s1. The number of rotatable bonds is 5. The second-order valence-corrected chi connectivity index (χ2v) is 6.92. The molecule has 156 valence electrons. The SMILES string of the molecule is O=C(c1cn(C[C@@H](O)c2ccccc2F)nn1)N1CCN(C(=O)c2ccco2)CC1. The van der Waals surface area contributed by atoms with Crippen LogP contribution in [0.1, 0.15) is 32.7 Å². The average Bonchev–Trinajstić information content (AvgIpc) is 3.45. The number of aromatic nitrogens is 3. The van der Waals surface area contributed by atoms with Crippen molar-refractivity contribution < 1.29 is 23.5 Å². The van der Waals surface area contributed by atoms with E-state index in [1.165, 1.54) is 29.3 Å². The van der Waals surface area contributed by atoms with Crippen LogP contribution in [-0.2, 0) is 6.54 Å². The van der Waals surface area contributed by atoms with E-state index < -0.39 is 11.9 Å². The van der Waals surface area contributed by atoms with Gasteiger partial charge in [-0.2, -0.15) is 0 Å². The molecule has 4 rings (SSSR count). The maximum Gasteiger partial charge on any atom is 0.289 e. The van der Waals surface area contributed by atoms with Crippen LogP contribution in [0.5, 0.6) is 0 Å². The lowest BCUT2D eigenvalue weighted by atomic mass is 10.1. The zero-order valence-corrected chi connectivity index (χ0v) is 16.0. The van der Waals surface area contributed by atoms with Gasteiger partial charge in [0.2, 0.25) is 0 Å². The molecule has 0 bridgehead atoms. The number of amides is 2. The Hall–Kier alpha value is -3.53. The number of piperazine rings is 1. The Morgan fingerprint density at radius 1 is 1.07 bits per heavy atom. The number of aliphatic hydroxyl groups is 1. The number of aliphatic hydroxyl groups excluding tert-OH is 1. The van der Waals surface area contributed by atoms with E-state index in [1.807, 2.05) is 0 Å². The number of carbonyl (C=O) groups excluding carboxylic acids is 2. The van der Waals surface area contributed by atoms with Crippen molar-refractivity contribution in [1.82, 2.24) is 24.8 Å². The molecule has 0 spiro atoms. The summed E-state index contributed by atoms with van der Waals surface area (Å²) in [7, 11) is 0. The Balaban J connectivity index is 1.34. The molecule has 1 aliphatic heterocycles. The fourth-order valence-electron chi connectivity index (χ4n) is 3.34. The second-order valence-electron chi connectivity index (χ2n) is 6.92. The Kier molecular flexibility index (Phi) is 5.57. The van der Waals surface area contributed by atoms with Crippen LogP contribution in [0.2, 0.25) is 0 Å². The molecule has 3 aromatic rings. The second kappa shape index (κ2) is 8.46. The molecule has 0 unspecified atom stereocenters. The first kappa shape index (κ1) is 19.8. The van der Waals surface area contributed by atoms with Crippen molar-refractivity contribution in [1.29, 1.82) is 0 Å². The summed E-state index contributed by atoms with van der Waals surface area (Å²) in [6.45, 7) is 1.44. The van der Waals surface area contributed by atoms with E-state index in [4.69, 9.17) is 4.42 Å². The molecule has 0 aliphatic carbocycles. The first-order chi connectivity index (χ1) is 14.5. The summed E-state index contributed by atoms with van der Waals surface area (Å²) in [6, 6.07) is 9.19. The molecular weight excluding hydrogens is 393 g/mol. The van der Waals surface area contributed by atoms with E-state index in [9.17, 15) is 19.1 Å². The molecule has 1 aliphatic rings. The van der Waals surface area contributed by atoms with Crippen molar-refractivity contribution >= 4 is 11.8 Å². The minimum absolute atomic E-state index is 0.0351. The lowest BCUT2D eigenvalue weighted by Crippen LogP contribution is -2.50. The fraction of sp³-hybridized carbons (Fsp3) is 0.300. The topological polar surface area (TPSA) is 105 Å². The van der Waals surface area contributed by atoms with E-state index in [0.29, 0.717) is 26.2 Å². The summed E-state index contributed by atoms with van der Waals surface area (Å²) in [6.07, 6.45) is 1.75. The van der Waals surface area contributed by atoms with Crippen molar-refractivity contribution in [2.75, 3.05) is 26.2 Å². The van der Waals surface area contributed by atoms with Gasteiger partial charge < -0.3 is 19.3 Å². The van der Waals surface area contributed by atoms with Crippen LogP contribution in [0, 0.1) is 5.82 Å². The number of halogens is 1. The van der Waals surface area contributed by atoms with Gasteiger partial charge >= 0.3 is 0 Å². The Morgan fingerprint density at radius 2 is 1.77 bits per heavy atom. The third-order valence-electron chi connectivity index (χ3n) is 4.97. The van der Waals surface area contributed by atoms with Gasteiger partial charge in [-0.15, -0.1) is 5.10 Å². The predicted octanol–water partition coefficient (Wildman–Crippen LogP) is 1.34. The number of hydrogen-bond donors (Lipinski definition) is 1. The molecule has 3 heterocycles. The molecule has 9 nitrogen and oxygen atoms in total. The Morgan fingerprint density at radius 3 is 2.43 bits per heavy atom. The van der Waals surface area contributed by atoms with Crippen LogP contribution in [0.3, 0.4) is 0 Å². The molecule has 30 heavy (non-hydrogen) atoms. The van der Waals surface area contributed by atoms with E-state index in [0.717, 1.165) is 0 Å². The zero-order chi connectivity index (χ0) is 21.1. The van der Waals surface area contributed by atoms with Gasteiger partial charge in [0.15, 0.2) is 11.5 Å². The van der Waals surface area contributed by atoms with Gasteiger partial charge in [0.25, 0.3) is 11.8 Å². The largest absolute Gasteiger partial charge is 0.459 e. The molecule has 0 saturated carbocycles. The van der Waals surface area contributed by atoms with E-state index >= 15 is 0 Å². The summed E-state index contributed by atoms with van der Waals surface area (Å²) < 4.78 is 20.2. The average molecular weight is 413 g/mol. The molecule has 2 amide bonds. The third-order valence-corrected chi connectivity index (χ3v) is 4.97. The number of hydrogen-bond acceptors (Lipinski definition) is 6. The van der Waals surface area contributed by atoms with Crippen LogP contribution in [0.25, 0.3) is 0 Å². The molecule has 1 saturated heterocycles. The van der Waals surface area contributed by atoms with Gasteiger partial charge in [0, 0.05) is 31.7 Å². The summed E-state index contributed by atoms with van der Waals surface area (Å²) in [5.41, 5.74) is 0.278. The third kappa shape index (κ3) is 4.08. The summed E-state index contributed by atoms with van der Waals surface area (Å²) in [5.74, 6) is -0.763. The highest BCUT2D eigenvalue weighted by Gasteiger charge is 2.28. The normalized spacial score (nSPS) is 15.3. The van der Waals surface area contributed by atoms with Gasteiger partial charge in [0.1, 0.15) is 11.9 Å². The first-order valence-electron chi connectivity index (χ1n) is 9.47. The van der Waals surface area contributed by atoms with Crippen LogP contribution in [0.4, 0.5) is 4.39 Å². The number of carbonyl (C=O) groups is 2. The highest BCUT2D eigenvalue weighted by molar-refractivity contribution is 5.93. The van der Waals surface area contributed by atoms with E-state index in [-0.39, 0.29) is 35.4 Å². The number of benzene rings is 1. The van der Waals surface area contributed by atoms with Crippen molar-refractivity contribution in [3.05, 3.63) is 71.7 Å². The summed E-state index contributed by atoms with van der Waals surface area (Å²) >= 11 is 0. The molecular formula is C20H20FN5O4. The van der Waals surface area contributed by atoms with Crippen molar-refractivity contribution in [2.45, 2.75) is 12.6 Å². The molecule has 10 heteroatoms. The molecule has 1 aromatic carbocycles. The molecule has 1 fully saturated rings. The van der Waals surface area contributed by atoms with Crippen LogP contribution in [-0.4, -0.2) is 67.9 Å². The molecule has 2 aromatic heterocycles. The van der Waals surface area contributed by atoms with Crippen LogP contribution >= 0.6 is 0 Å². The van der Waals surface area contributed by atoms with Crippen molar-refractivity contribution in [3.8, 4) is 0 Å². The Bertz CT molecular complexity index is 1030. The van der Waals surface area contributed by atoms with E-state index in [2.05, 4.69) is 10.3 Å². The smallest absolute Gasteiger partial charge is 0.289 e. The fourth-order valence-corrected chi connectivity index (χ4v) is 3.34. The Labute approximate surface area is 171 Å². The maximum atomic E-state index is 13.8. The van der Waals surface area contributed by atoms with Gasteiger partial charge in [-0.05, 0) is 18.2 Å². The van der Waals surface area contributed by atoms with Crippen molar-refractivity contribution in [2.24, 2.45) is 0 Å². The minimum Gasteiger partial charge on any atom is -0.459 e. The maximum absolute atomic E-state index is 13.8. The predicted molar refractivity (Wildman–Crippen MR) is 102 cm³/mol. The van der Waals surface area contributed by atoms with E-state index in [1.54, 1.807) is 34.1 Å².